The van der Waals surface area contributed by atoms with Crippen LogP contribution in [0.15, 0.2) is 12.5 Å². The lowest BCUT2D eigenvalue weighted by atomic mass is 10.0. The molecule has 0 aliphatic carbocycles. The van der Waals surface area contributed by atoms with Gasteiger partial charge in [0, 0.05) is 13.2 Å². The molecule has 80 valence electrons. The van der Waals surface area contributed by atoms with Gasteiger partial charge in [-0.25, -0.2) is 4.98 Å². The molecule has 0 aromatic carbocycles. The first-order valence-corrected chi connectivity index (χ1v) is 5.38. The molecule has 0 amide bonds. The van der Waals surface area contributed by atoms with Crippen LogP contribution in [0.4, 0.5) is 0 Å². The van der Waals surface area contributed by atoms with Crippen LogP contribution in [0.5, 0.6) is 0 Å². The van der Waals surface area contributed by atoms with Crippen molar-refractivity contribution in [1.29, 1.82) is 5.26 Å². The van der Waals surface area contributed by atoms with E-state index in [1.807, 2.05) is 12.5 Å². The second kappa shape index (κ2) is 4.45. The first-order chi connectivity index (χ1) is 7.36. The molecular formula is C11H15N3O. The Morgan fingerprint density at radius 2 is 2.60 bits per heavy atom. The highest BCUT2D eigenvalue weighted by Gasteiger charge is 2.31. The van der Waals surface area contributed by atoms with Gasteiger partial charge in [-0.15, -0.1) is 0 Å². The molecule has 1 aliphatic heterocycles. The van der Waals surface area contributed by atoms with Crippen molar-refractivity contribution in [2.45, 2.75) is 32.4 Å². The number of aryl methyl sites for hydroxylation is 1. The maximum atomic E-state index is 9.00. The Labute approximate surface area is 89.5 Å². The Balaban J connectivity index is 2.21. The van der Waals surface area contributed by atoms with E-state index < -0.39 is 0 Å². The highest BCUT2D eigenvalue weighted by atomic mass is 16.5. The van der Waals surface area contributed by atoms with Crippen LogP contribution >= 0.6 is 0 Å². The predicted octanol–water partition coefficient (Wildman–Crippen LogP) is 1.89. The Kier molecular flexibility index (Phi) is 3.02. The molecule has 1 saturated heterocycles. The normalized spacial score (nSPS) is 25.3. The van der Waals surface area contributed by atoms with Crippen molar-refractivity contribution >= 4 is 0 Å². The molecular weight excluding hydrogens is 190 g/mol. The first kappa shape index (κ1) is 10.2. The predicted molar refractivity (Wildman–Crippen MR) is 54.9 cm³/mol. The van der Waals surface area contributed by atoms with Crippen molar-refractivity contribution in [1.82, 2.24) is 9.55 Å². The van der Waals surface area contributed by atoms with Crippen LogP contribution in [0.1, 0.15) is 31.6 Å². The average Bonchev–Trinajstić information content (AvgIpc) is 2.84. The number of imidazole rings is 1. The van der Waals surface area contributed by atoms with Crippen LogP contribution in [0, 0.1) is 17.2 Å². The maximum absolute atomic E-state index is 9.00. The molecule has 2 rings (SSSR count). The van der Waals surface area contributed by atoms with Gasteiger partial charge < -0.3 is 9.30 Å². The second-order valence-corrected chi connectivity index (χ2v) is 3.83. The highest BCUT2D eigenvalue weighted by Crippen LogP contribution is 2.33. The Morgan fingerprint density at radius 3 is 3.33 bits per heavy atom. The molecule has 1 aromatic heterocycles. The first-order valence-electron chi connectivity index (χ1n) is 5.38. The van der Waals surface area contributed by atoms with Gasteiger partial charge in [0.25, 0.3) is 0 Å². The summed E-state index contributed by atoms with van der Waals surface area (Å²) in [6, 6.07) is 2.31. The van der Waals surface area contributed by atoms with Gasteiger partial charge in [-0.2, -0.15) is 5.26 Å². The third kappa shape index (κ3) is 1.88. The molecule has 0 saturated carbocycles. The number of nitriles is 1. The van der Waals surface area contributed by atoms with Crippen LogP contribution in [0.25, 0.3) is 0 Å². The number of nitrogens with zero attached hydrogens (tertiary/aromatic N) is 3. The third-order valence-electron chi connectivity index (χ3n) is 2.76. The molecule has 2 unspecified atom stereocenters. The lowest BCUT2D eigenvalue weighted by molar-refractivity contribution is 0.0941. The fraction of sp³-hybridized carbons (Fsp3) is 0.636. The Bertz CT molecular complexity index is 366. The monoisotopic (exact) mass is 205 g/mol. The van der Waals surface area contributed by atoms with E-state index in [2.05, 4.69) is 22.5 Å². The van der Waals surface area contributed by atoms with E-state index in [0.29, 0.717) is 6.61 Å². The van der Waals surface area contributed by atoms with Crippen LogP contribution < -0.4 is 0 Å². The maximum Gasteiger partial charge on any atom is 0.115 e. The highest BCUT2D eigenvalue weighted by molar-refractivity contribution is 5.10. The van der Waals surface area contributed by atoms with Gasteiger partial charge in [0.1, 0.15) is 6.10 Å². The molecule has 0 spiro atoms. The van der Waals surface area contributed by atoms with Crippen LogP contribution in [-0.4, -0.2) is 16.2 Å². The summed E-state index contributed by atoms with van der Waals surface area (Å²) in [7, 11) is 0. The van der Waals surface area contributed by atoms with E-state index in [9.17, 15) is 0 Å². The number of aromatic nitrogens is 2. The van der Waals surface area contributed by atoms with Crippen molar-refractivity contribution < 1.29 is 4.74 Å². The van der Waals surface area contributed by atoms with Crippen molar-refractivity contribution in [2.24, 2.45) is 5.92 Å². The minimum atomic E-state index is -0.0796. The van der Waals surface area contributed by atoms with Crippen LogP contribution in [-0.2, 0) is 11.3 Å². The average molecular weight is 205 g/mol. The van der Waals surface area contributed by atoms with E-state index in [0.717, 1.165) is 25.1 Å². The Morgan fingerprint density at radius 1 is 1.73 bits per heavy atom. The summed E-state index contributed by atoms with van der Waals surface area (Å²) in [5.74, 6) is -0.0164. The SMILES string of the molecule is CCCn1cncc1C1OCCC1C#N. The van der Waals surface area contributed by atoms with Gasteiger partial charge >= 0.3 is 0 Å². The largest absolute Gasteiger partial charge is 0.371 e. The topological polar surface area (TPSA) is 50.8 Å². The number of hydrogen-bond acceptors (Lipinski definition) is 3. The van der Waals surface area contributed by atoms with Gasteiger partial charge in [-0.3, -0.25) is 0 Å². The molecule has 4 heteroatoms. The molecule has 15 heavy (non-hydrogen) atoms. The lowest BCUT2D eigenvalue weighted by Gasteiger charge is -2.14. The third-order valence-corrected chi connectivity index (χ3v) is 2.76. The molecule has 4 nitrogen and oxygen atoms in total. The molecule has 0 bridgehead atoms. The quantitative estimate of drug-likeness (QED) is 0.757. The summed E-state index contributed by atoms with van der Waals surface area (Å²) in [5.41, 5.74) is 1.04. The molecule has 0 N–H and O–H groups in total. The van der Waals surface area contributed by atoms with E-state index >= 15 is 0 Å². The second-order valence-electron chi connectivity index (χ2n) is 3.83. The van der Waals surface area contributed by atoms with Crippen molar-refractivity contribution in [3.63, 3.8) is 0 Å². The van der Waals surface area contributed by atoms with E-state index in [1.54, 1.807) is 0 Å². The minimum Gasteiger partial charge on any atom is -0.371 e. The summed E-state index contributed by atoms with van der Waals surface area (Å²) in [4.78, 5) is 4.13. The number of ether oxygens (including phenoxy) is 1. The van der Waals surface area contributed by atoms with Crippen molar-refractivity contribution in [3.8, 4) is 6.07 Å². The fourth-order valence-electron chi connectivity index (χ4n) is 2.01. The summed E-state index contributed by atoms with van der Waals surface area (Å²) in [6.45, 7) is 3.74. The van der Waals surface area contributed by atoms with E-state index in [-0.39, 0.29) is 12.0 Å². The van der Waals surface area contributed by atoms with Gasteiger partial charge in [-0.1, -0.05) is 6.92 Å². The summed E-state index contributed by atoms with van der Waals surface area (Å²) in [5, 5.41) is 9.00. The minimum absolute atomic E-state index is 0.0164. The number of hydrogen-bond donors (Lipinski definition) is 0. The van der Waals surface area contributed by atoms with Gasteiger partial charge in [-0.05, 0) is 12.8 Å². The molecule has 2 atom stereocenters. The molecule has 1 fully saturated rings. The Hall–Kier alpha value is -1.34. The summed E-state index contributed by atoms with van der Waals surface area (Å²) in [6.07, 6.45) is 5.44. The fourth-order valence-corrected chi connectivity index (χ4v) is 2.01. The van der Waals surface area contributed by atoms with Gasteiger partial charge in [0.05, 0.1) is 30.2 Å². The smallest absolute Gasteiger partial charge is 0.115 e. The standard InChI is InChI=1S/C11H15N3O/c1-2-4-14-8-13-7-10(14)11-9(6-12)3-5-15-11/h7-9,11H,2-5H2,1H3. The number of rotatable bonds is 3. The zero-order valence-corrected chi connectivity index (χ0v) is 8.89. The van der Waals surface area contributed by atoms with Crippen molar-refractivity contribution in [3.05, 3.63) is 18.2 Å². The van der Waals surface area contributed by atoms with Crippen LogP contribution in [0.2, 0.25) is 0 Å². The van der Waals surface area contributed by atoms with Crippen molar-refractivity contribution in [2.75, 3.05) is 6.61 Å². The molecule has 0 radical (unpaired) electrons. The summed E-state index contributed by atoms with van der Waals surface area (Å²) >= 11 is 0. The molecule has 2 heterocycles. The molecule has 1 aliphatic rings. The van der Waals surface area contributed by atoms with E-state index in [1.165, 1.54) is 0 Å². The zero-order valence-electron chi connectivity index (χ0n) is 8.89. The summed E-state index contributed by atoms with van der Waals surface area (Å²) < 4.78 is 7.69. The lowest BCUT2D eigenvalue weighted by Crippen LogP contribution is -2.11. The van der Waals surface area contributed by atoms with E-state index in [4.69, 9.17) is 10.00 Å². The van der Waals surface area contributed by atoms with Gasteiger partial charge in [0.2, 0.25) is 0 Å². The van der Waals surface area contributed by atoms with Crippen LogP contribution in [0.3, 0.4) is 0 Å². The van der Waals surface area contributed by atoms with Gasteiger partial charge in [0.15, 0.2) is 0 Å². The zero-order chi connectivity index (χ0) is 10.7. The molecule has 1 aromatic rings.